The van der Waals surface area contributed by atoms with Crippen molar-refractivity contribution in [2.45, 2.75) is 26.7 Å². The topological polar surface area (TPSA) is 34.1 Å². The van der Waals surface area contributed by atoms with Gasteiger partial charge in [0.05, 0.1) is 0 Å². The Kier molecular flexibility index (Phi) is 1.21. The highest BCUT2D eigenvalue weighted by Gasteiger charge is 2.38. The zero-order valence-corrected chi connectivity index (χ0v) is 8.23. The van der Waals surface area contributed by atoms with Crippen molar-refractivity contribution in [3.63, 3.8) is 0 Å². The number of hydrogen-bond acceptors (Lipinski definition) is 2. The summed E-state index contributed by atoms with van der Waals surface area (Å²) in [7, 11) is 0. The van der Waals surface area contributed by atoms with Crippen molar-refractivity contribution in [1.82, 2.24) is 0 Å². The van der Waals surface area contributed by atoms with Crippen molar-refractivity contribution in [2.75, 3.05) is 0 Å². The molecule has 2 nitrogen and oxygen atoms in total. The number of ketones is 2. The van der Waals surface area contributed by atoms with Gasteiger partial charge in [-0.25, -0.2) is 0 Å². The van der Waals surface area contributed by atoms with E-state index in [2.05, 4.69) is 0 Å². The molecule has 0 radical (unpaired) electrons. The second kappa shape index (κ2) is 2.14. The van der Waals surface area contributed by atoms with E-state index in [1.165, 1.54) is 5.56 Å². The van der Waals surface area contributed by atoms with Gasteiger partial charge in [-0.05, 0) is 36.1 Å². The molecule has 14 heavy (non-hydrogen) atoms. The molecule has 0 aliphatic heterocycles. The van der Waals surface area contributed by atoms with Gasteiger partial charge in [-0.3, -0.25) is 9.59 Å². The van der Waals surface area contributed by atoms with E-state index in [-0.39, 0.29) is 11.6 Å². The van der Waals surface area contributed by atoms with Crippen molar-refractivity contribution >= 4 is 11.6 Å². The van der Waals surface area contributed by atoms with Crippen LogP contribution >= 0.6 is 0 Å². The molecule has 0 saturated heterocycles. The predicted octanol–water partition coefficient (Wildman–Crippen LogP) is 1.78. The standard InChI is InChI=1S/C12H10O2/c1-5-6(2)11-8(4-9(11)13)12-7(5)3-10(12)14/h3-4H2,1-2H3. The van der Waals surface area contributed by atoms with E-state index in [0.29, 0.717) is 12.8 Å². The Labute approximate surface area is 81.9 Å². The molecular weight excluding hydrogens is 176 g/mol. The second-order valence-electron chi connectivity index (χ2n) is 4.16. The van der Waals surface area contributed by atoms with Gasteiger partial charge >= 0.3 is 0 Å². The van der Waals surface area contributed by atoms with Gasteiger partial charge in [0.1, 0.15) is 0 Å². The summed E-state index contributed by atoms with van der Waals surface area (Å²) in [5.74, 6) is 0.412. The summed E-state index contributed by atoms with van der Waals surface area (Å²) in [4.78, 5) is 22.8. The number of carbonyl (C=O) groups excluding carboxylic acids is 2. The molecule has 0 unspecified atom stereocenters. The molecule has 0 fully saturated rings. The van der Waals surface area contributed by atoms with Gasteiger partial charge in [0.2, 0.25) is 0 Å². The maximum Gasteiger partial charge on any atom is 0.167 e. The van der Waals surface area contributed by atoms with E-state index >= 15 is 0 Å². The van der Waals surface area contributed by atoms with Crippen LogP contribution < -0.4 is 0 Å². The quantitative estimate of drug-likeness (QED) is 0.619. The number of rotatable bonds is 0. The van der Waals surface area contributed by atoms with E-state index in [9.17, 15) is 9.59 Å². The lowest BCUT2D eigenvalue weighted by atomic mass is 9.69. The molecule has 0 N–H and O–H groups in total. The molecule has 2 heteroatoms. The van der Waals surface area contributed by atoms with Crippen LogP contribution in [0.3, 0.4) is 0 Å². The third kappa shape index (κ3) is 0.649. The molecule has 1 aromatic rings. The molecule has 0 saturated carbocycles. The van der Waals surface area contributed by atoms with Crippen LogP contribution in [-0.2, 0) is 12.8 Å². The first-order chi connectivity index (χ1) is 6.61. The fraction of sp³-hybridized carbons (Fsp3) is 0.333. The van der Waals surface area contributed by atoms with Crippen LogP contribution in [0.2, 0.25) is 0 Å². The van der Waals surface area contributed by atoms with Crippen molar-refractivity contribution in [3.8, 4) is 0 Å². The van der Waals surface area contributed by atoms with Crippen molar-refractivity contribution in [1.29, 1.82) is 0 Å². The van der Waals surface area contributed by atoms with Crippen molar-refractivity contribution in [3.05, 3.63) is 33.4 Å². The minimum absolute atomic E-state index is 0.197. The summed E-state index contributed by atoms with van der Waals surface area (Å²) in [5.41, 5.74) is 6.12. The van der Waals surface area contributed by atoms with Crippen LogP contribution in [0.25, 0.3) is 0 Å². The molecule has 0 atom stereocenters. The average Bonchev–Trinajstić information content (AvgIpc) is 2.10. The van der Waals surface area contributed by atoms with E-state index in [1.54, 1.807) is 0 Å². The van der Waals surface area contributed by atoms with Crippen LogP contribution in [0.4, 0.5) is 0 Å². The lowest BCUT2D eigenvalue weighted by Gasteiger charge is -2.32. The Hall–Kier alpha value is -1.44. The Bertz CT molecular complexity index is 481. The van der Waals surface area contributed by atoms with E-state index in [0.717, 1.165) is 27.8 Å². The van der Waals surface area contributed by atoms with Gasteiger partial charge in [0, 0.05) is 24.0 Å². The fourth-order valence-electron chi connectivity index (χ4n) is 2.53. The van der Waals surface area contributed by atoms with E-state index < -0.39 is 0 Å². The van der Waals surface area contributed by atoms with Crippen LogP contribution in [0.15, 0.2) is 0 Å². The summed E-state index contributed by atoms with van der Waals surface area (Å²) >= 11 is 0. The highest BCUT2D eigenvalue weighted by molar-refractivity contribution is 6.17. The van der Waals surface area contributed by atoms with Crippen molar-refractivity contribution in [2.24, 2.45) is 0 Å². The Morgan fingerprint density at radius 3 is 1.93 bits per heavy atom. The number of Topliss-reactive ketones (excluding diaryl/α,β-unsaturated/α-hetero) is 2. The fourth-order valence-corrected chi connectivity index (χ4v) is 2.53. The van der Waals surface area contributed by atoms with E-state index in [1.807, 2.05) is 13.8 Å². The monoisotopic (exact) mass is 186 g/mol. The lowest BCUT2D eigenvalue weighted by Crippen LogP contribution is -2.33. The van der Waals surface area contributed by atoms with Gasteiger partial charge < -0.3 is 0 Å². The molecule has 2 aliphatic rings. The molecule has 2 aliphatic carbocycles. The summed E-state index contributed by atoms with van der Waals surface area (Å²) < 4.78 is 0. The third-order valence-electron chi connectivity index (χ3n) is 3.53. The second-order valence-corrected chi connectivity index (χ2v) is 4.16. The van der Waals surface area contributed by atoms with Gasteiger partial charge in [0.15, 0.2) is 11.6 Å². The molecule has 0 spiro atoms. The largest absolute Gasteiger partial charge is 0.294 e. The predicted molar refractivity (Wildman–Crippen MR) is 52.0 cm³/mol. The highest BCUT2D eigenvalue weighted by atomic mass is 16.1. The van der Waals surface area contributed by atoms with Crippen LogP contribution in [0.1, 0.15) is 43.0 Å². The van der Waals surface area contributed by atoms with Crippen molar-refractivity contribution < 1.29 is 9.59 Å². The number of benzene rings is 1. The highest BCUT2D eigenvalue weighted by Crippen LogP contribution is 2.40. The van der Waals surface area contributed by atoms with Crippen LogP contribution in [0, 0.1) is 13.8 Å². The molecule has 1 aromatic carbocycles. The maximum atomic E-state index is 11.4. The Morgan fingerprint density at radius 1 is 0.786 bits per heavy atom. The summed E-state index contributed by atoms with van der Waals surface area (Å²) in [5, 5.41) is 0. The normalized spacial score (nSPS) is 17.0. The molecule has 0 aromatic heterocycles. The molecule has 0 heterocycles. The first-order valence-electron chi connectivity index (χ1n) is 4.82. The molecule has 70 valence electrons. The minimum Gasteiger partial charge on any atom is -0.294 e. The third-order valence-corrected chi connectivity index (χ3v) is 3.53. The molecule has 0 bridgehead atoms. The smallest absolute Gasteiger partial charge is 0.167 e. The van der Waals surface area contributed by atoms with E-state index in [4.69, 9.17) is 0 Å². The zero-order valence-electron chi connectivity index (χ0n) is 8.23. The van der Waals surface area contributed by atoms with Crippen LogP contribution in [0.5, 0.6) is 0 Å². The number of hydrogen-bond donors (Lipinski definition) is 0. The summed E-state index contributed by atoms with van der Waals surface area (Å²) in [6.07, 6.45) is 1.05. The Balaban J connectivity index is 2.42. The van der Waals surface area contributed by atoms with Gasteiger partial charge in [0.25, 0.3) is 0 Å². The maximum absolute atomic E-state index is 11.4. The average molecular weight is 186 g/mol. The number of fused-ring (bicyclic) bond motifs is 3. The molecular formula is C12H10O2. The first kappa shape index (κ1) is 7.92. The summed E-state index contributed by atoms with van der Waals surface area (Å²) in [6.45, 7) is 3.99. The minimum atomic E-state index is 0.197. The zero-order chi connectivity index (χ0) is 10.0. The van der Waals surface area contributed by atoms with Gasteiger partial charge in [-0.2, -0.15) is 0 Å². The van der Waals surface area contributed by atoms with Gasteiger partial charge in [-0.15, -0.1) is 0 Å². The van der Waals surface area contributed by atoms with Crippen LogP contribution in [-0.4, -0.2) is 11.6 Å². The number of carbonyl (C=O) groups is 2. The first-order valence-corrected chi connectivity index (χ1v) is 4.82. The lowest BCUT2D eigenvalue weighted by molar-refractivity contribution is 0.0950. The summed E-state index contributed by atoms with van der Waals surface area (Å²) in [6, 6.07) is 0. The molecule has 0 amide bonds. The Morgan fingerprint density at radius 2 is 1.36 bits per heavy atom. The molecule has 3 rings (SSSR count). The SMILES string of the molecule is Cc1c(C)c2c(c3c1CC3=O)CC2=O. The van der Waals surface area contributed by atoms with Gasteiger partial charge in [-0.1, -0.05) is 0 Å².